The molecule has 1 N–H and O–H groups in total. The number of rotatable bonds is 0. The molecule has 0 aromatic heterocycles. The molecule has 0 heterocycles. The fraction of sp³-hybridized carbons (Fsp3) is 0.714. The molecule has 0 amide bonds. The highest BCUT2D eigenvalue weighted by atomic mass is 35.5. The van der Waals surface area contributed by atoms with E-state index in [1.807, 2.05) is 0 Å². The average molecular weight is 147 g/mol. The van der Waals surface area contributed by atoms with Crippen molar-refractivity contribution in [3.05, 3.63) is 12.2 Å². The minimum absolute atomic E-state index is 0.660. The van der Waals surface area contributed by atoms with Gasteiger partial charge in [0.05, 0.1) is 0 Å². The predicted molar refractivity (Wildman–Crippen MR) is 38.4 cm³/mol. The van der Waals surface area contributed by atoms with E-state index in [1.165, 1.54) is 0 Å². The van der Waals surface area contributed by atoms with E-state index in [2.05, 4.69) is 6.58 Å². The molecule has 1 nitrogen and oxygen atoms in total. The summed E-state index contributed by atoms with van der Waals surface area (Å²) in [4.78, 5) is 0. The summed E-state index contributed by atoms with van der Waals surface area (Å²) in [6.45, 7) is 3.68. The standard InChI is InChI=1S/C7H11ClO/c1-6-4-2-3-5-7(6,8)9/h9H,1-5H2. The first-order valence-electron chi connectivity index (χ1n) is 3.22. The molecule has 9 heavy (non-hydrogen) atoms. The first kappa shape index (κ1) is 7.10. The minimum atomic E-state index is -1.09. The number of halogens is 1. The van der Waals surface area contributed by atoms with Crippen LogP contribution in [0.4, 0.5) is 0 Å². The largest absolute Gasteiger partial charge is 0.371 e. The molecule has 1 aliphatic carbocycles. The fourth-order valence-electron chi connectivity index (χ4n) is 1.07. The highest BCUT2D eigenvalue weighted by Crippen LogP contribution is 2.34. The maximum atomic E-state index is 9.31. The van der Waals surface area contributed by atoms with Gasteiger partial charge in [-0.1, -0.05) is 18.2 Å². The Kier molecular flexibility index (Phi) is 1.83. The molecular weight excluding hydrogens is 136 g/mol. The van der Waals surface area contributed by atoms with E-state index < -0.39 is 5.06 Å². The molecular formula is C7H11ClO. The average Bonchev–Trinajstić information content (AvgIpc) is 1.77. The molecule has 2 heteroatoms. The van der Waals surface area contributed by atoms with E-state index in [0.29, 0.717) is 6.42 Å². The SMILES string of the molecule is C=C1CCCCC1(O)Cl. The number of hydrogen-bond acceptors (Lipinski definition) is 1. The molecule has 0 aromatic rings. The molecule has 0 radical (unpaired) electrons. The van der Waals surface area contributed by atoms with Gasteiger partial charge in [0.1, 0.15) is 0 Å². The molecule has 0 spiro atoms. The topological polar surface area (TPSA) is 20.2 Å². The van der Waals surface area contributed by atoms with Crippen LogP contribution in [0.15, 0.2) is 12.2 Å². The van der Waals surface area contributed by atoms with Gasteiger partial charge < -0.3 is 5.11 Å². The van der Waals surface area contributed by atoms with E-state index in [0.717, 1.165) is 24.8 Å². The zero-order chi connectivity index (χ0) is 6.91. The third kappa shape index (κ3) is 1.46. The molecule has 1 fully saturated rings. The van der Waals surface area contributed by atoms with Crippen LogP contribution >= 0.6 is 11.6 Å². The Morgan fingerprint density at radius 1 is 1.56 bits per heavy atom. The summed E-state index contributed by atoms with van der Waals surface area (Å²) in [5.74, 6) is 0. The molecule has 0 aliphatic heterocycles. The quantitative estimate of drug-likeness (QED) is 0.410. The van der Waals surface area contributed by atoms with Crippen LogP contribution in [-0.2, 0) is 0 Å². The zero-order valence-electron chi connectivity index (χ0n) is 5.36. The van der Waals surface area contributed by atoms with Crippen LogP contribution in [0, 0.1) is 0 Å². The number of aliphatic hydroxyl groups is 1. The molecule has 0 bridgehead atoms. The Bertz CT molecular complexity index is 129. The van der Waals surface area contributed by atoms with Crippen molar-refractivity contribution in [3.8, 4) is 0 Å². The summed E-state index contributed by atoms with van der Waals surface area (Å²) in [5.41, 5.74) is 0.774. The second kappa shape index (κ2) is 2.31. The first-order valence-corrected chi connectivity index (χ1v) is 3.60. The van der Waals surface area contributed by atoms with Gasteiger partial charge in [-0.2, -0.15) is 0 Å². The second-order valence-corrected chi connectivity index (χ2v) is 3.20. The van der Waals surface area contributed by atoms with Gasteiger partial charge in [-0.15, -0.1) is 0 Å². The van der Waals surface area contributed by atoms with E-state index in [4.69, 9.17) is 11.6 Å². The molecule has 0 aromatic carbocycles. The van der Waals surface area contributed by atoms with E-state index in [9.17, 15) is 5.11 Å². The molecule has 1 atom stereocenters. The zero-order valence-corrected chi connectivity index (χ0v) is 6.12. The van der Waals surface area contributed by atoms with E-state index in [1.54, 1.807) is 0 Å². The summed E-state index contributed by atoms with van der Waals surface area (Å²) < 4.78 is 0. The van der Waals surface area contributed by atoms with Gasteiger partial charge in [-0.25, -0.2) is 0 Å². The van der Waals surface area contributed by atoms with Crippen molar-refractivity contribution in [1.29, 1.82) is 0 Å². The van der Waals surface area contributed by atoms with Crippen molar-refractivity contribution in [1.82, 2.24) is 0 Å². The van der Waals surface area contributed by atoms with Crippen molar-refractivity contribution in [2.45, 2.75) is 30.7 Å². The number of alkyl halides is 1. The summed E-state index contributed by atoms with van der Waals surface area (Å²) >= 11 is 5.68. The van der Waals surface area contributed by atoms with E-state index >= 15 is 0 Å². The number of hydrogen-bond donors (Lipinski definition) is 1. The van der Waals surface area contributed by atoms with Gasteiger partial charge in [0.2, 0.25) is 0 Å². The van der Waals surface area contributed by atoms with Crippen molar-refractivity contribution >= 4 is 11.6 Å². The monoisotopic (exact) mass is 146 g/mol. The van der Waals surface area contributed by atoms with E-state index in [-0.39, 0.29) is 0 Å². The minimum Gasteiger partial charge on any atom is -0.371 e. The van der Waals surface area contributed by atoms with Crippen LogP contribution in [0.25, 0.3) is 0 Å². The molecule has 1 saturated carbocycles. The van der Waals surface area contributed by atoms with Crippen molar-refractivity contribution in [2.24, 2.45) is 0 Å². The Labute approximate surface area is 60.3 Å². The maximum absolute atomic E-state index is 9.31. The van der Waals surface area contributed by atoms with Gasteiger partial charge in [0, 0.05) is 0 Å². The summed E-state index contributed by atoms with van der Waals surface area (Å²) in [6.07, 6.45) is 3.67. The van der Waals surface area contributed by atoms with Crippen molar-refractivity contribution < 1.29 is 5.11 Å². The lowest BCUT2D eigenvalue weighted by Crippen LogP contribution is -2.26. The van der Waals surface area contributed by atoms with Crippen LogP contribution < -0.4 is 0 Å². The van der Waals surface area contributed by atoms with Gasteiger partial charge >= 0.3 is 0 Å². The highest BCUT2D eigenvalue weighted by Gasteiger charge is 2.29. The molecule has 1 unspecified atom stereocenters. The predicted octanol–water partition coefficient (Wildman–Crippen LogP) is 2.04. The van der Waals surface area contributed by atoms with Crippen LogP contribution in [0.3, 0.4) is 0 Å². The maximum Gasteiger partial charge on any atom is 0.160 e. The lowest BCUT2D eigenvalue weighted by molar-refractivity contribution is 0.136. The molecule has 0 saturated heterocycles. The van der Waals surface area contributed by atoms with Crippen LogP contribution in [0.1, 0.15) is 25.7 Å². The summed E-state index contributed by atoms with van der Waals surface area (Å²) in [5, 5.41) is 8.22. The summed E-state index contributed by atoms with van der Waals surface area (Å²) in [6, 6.07) is 0. The van der Waals surface area contributed by atoms with Crippen LogP contribution in [0.2, 0.25) is 0 Å². The van der Waals surface area contributed by atoms with Gasteiger partial charge in [0.25, 0.3) is 0 Å². The first-order chi connectivity index (χ1) is 4.13. The van der Waals surface area contributed by atoms with Gasteiger partial charge in [-0.05, 0) is 31.3 Å². The lowest BCUT2D eigenvalue weighted by Gasteiger charge is -2.27. The molecule has 52 valence electrons. The lowest BCUT2D eigenvalue weighted by atomic mass is 9.93. The normalized spacial score (nSPS) is 36.9. The van der Waals surface area contributed by atoms with Gasteiger partial charge in [0.15, 0.2) is 5.06 Å². The highest BCUT2D eigenvalue weighted by molar-refractivity contribution is 6.24. The third-order valence-corrected chi connectivity index (χ3v) is 2.23. The van der Waals surface area contributed by atoms with Crippen molar-refractivity contribution in [3.63, 3.8) is 0 Å². The molecule has 1 rings (SSSR count). The second-order valence-electron chi connectivity index (χ2n) is 2.57. The molecule has 1 aliphatic rings. The van der Waals surface area contributed by atoms with Gasteiger partial charge in [-0.3, -0.25) is 0 Å². The Balaban J connectivity index is 2.60. The summed E-state index contributed by atoms with van der Waals surface area (Å²) in [7, 11) is 0. The Morgan fingerprint density at radius 3 is 2.56 bits per heavy atom. The van der Waals surface area contributed by atoms with Crippen LogP contribution in [0.5, 0.6) is 0 Å². The fourth-order valence-corrected chi connectivity index (χ4v) is 1.29. The third-order valence-electron chi connectivity index (χ3n) is 1.78. The van der Waals surface area contributed by atoms with Crippen molar-refractivity contribution in [2.75, 3.05) is 0 Å². The Hall–Kier alpha value is -0.0100. The smallest absolute Gasteiger partial charge is 0.160 e. The van der Waals surface area contributed by atoms with Crippen LogP contribution in [-0.4, -0.2) is 10.2 Å². The Morgan fingerprint density at radius 2 is 2.22 bits per heavy atom.